The van der Waals surface area contributed by atoms with Crippen LogP contribution in [-0.4, -0.2) is 20.1 Å². The zero-order chi connectivity index (χ0) is 15.3. The van der Waals surface area contributed by atoms with E-state index < -0.39 is 10.0 Å². The molecule has 0 fully saturated rings. The van der Waals surface area contributed by atoms with Crippen LogP contribution in [0.2, 0.25) is 0 Å². The van der Waals surface area contributed by atoms with Gasteiger partial charge in [0.15, 0.2) is 0 Å². The molecule has 2 rings (SSSR count). The minimum absolute atomic E-state index is 0.120. The van der Waals surface area contributed by atoms with Gasteiger partial charge in [-0.3, -0.25) is 0 Å². The first-order chi connectivity index (χ1) is 10.0. The normalized spacial score (nSPS) is 12.5. The average Bonchev–Trinajstić information content (AvgIpc) is 2.99. The molecule has 0 radical (unpaired) electrons. The molecule has 0 aliphatic heterocycles. The maximum Gasteiger partial charge on any atom is 0.242 e. The zero-order valence-corrected chi connectivity index (χ0v) is 13.0. The maximum atomic E-state index is 12.5. The van der Waals surface area contributed by atoms with E-state index in [2.05, 4.69) is 16.6 Å². The highest BCUT2D eigenvalue weighted by Crippen LogP contribution is 2.22. The summed E-state index contributed by atoms with van der Waals surface area (Å²) in [6.45, 7) is 1.48. The predicted molar refractivity (Wildman–Crippen MR) is 83.5 cm³/mol. The molecule has 0 spiro atoms. The number of hydrogen-bond acceptors (Lipinski definition) is 4. The molecular weight excluding hydrogens is 306 g/mol. The van der Waals surface area contributed by atoms with E-state index in [0.717, 1.165) is 4.88 Å². The number of nitrogens with one attached hydrogen (secondary N) is 1. The van der Waals surface area contributed by atoms with Gasteiger partial charge in [-0.25, -0.2) is 13.1 Å². The first-order valence-corrected chi connectivity index (χ1v) is 8.65. The average molecular weight is 321 g/mol. The number of hydrogen-bond donors (Lipinski definition) is 2. The third kappa shape index (κ3) is 3.93. The van der Waals surface area contributed by atoms with Crippen LogP contribution in [0.1, 0.15) is 23.4 Å². The summed E-state index contributed by atoms with van der Waals surface area (Å²) in [5.41, 5.74) is 0.373. The second-order valence-corrected chi connectivity index (χ2v) is 6.98. The molecule has 0 amide bonds. The van der Waals surface area contributed by atoms with Crippen LogP contribution in [-0.2, 0) is 10.0 Å². The molecule has 110 valence electrons. The number of rotatable bonds is 4. The van der Waals surface area contributed by atoms with Crippen LogP contribution in [0.3, 0.4) is 0 Å². The summed E-state index contributed by atoms with van der Waals surface area (Å²) >= 11 is 1.50. The van der Waals surface area contributed by atoms with Gasteiger partial charge in [0.05, 0.1) is 10.9 Å². The quantitative estimate of drug-likeness (QED) is 0.848. The lowest BCUT2D eigenvalue weighted by atomic mass is 10.2. The molecule has 2 aromatic rings. The van der Waals surface area contributed by atoms with Gasteiger partial charge in [-0.2, -0.15) is 0 Å². The summed E-state index contributed by atoms with van der Waals surface area (Å²) in [4.78, 5) is 1.06. The highest BCUT2D eigenvalue weighted by atomic mass is 32.2. The van der Waals surface area contributed by atoms with Gasteiger partial charge in [-0.1, -0.05) is 30.0 Å². The Balaban J connectivity index is 2.32. The minimum Gasteiger partial charge on any atom is -0.384 e. The Morgan fingerprint density at radius 1 is 1.29 bits per heavy atom. The fraction of sp³-hybridized carbons (Fsp3) is 0.200. The van der Waals surface area contributed by atoms with Gasteiger partial charge in [0, 0.05) is 10.4 Å². The molecular formula is C15H15NO3S2. The summed E-state index contributed by atoms with van der Waals surface area (Å²) in [7, 11) is -3.67. The van der Waals surface area contributed by atoms with Crippen molar-refractivity contribution in [1.82, 2.24) is 4.72 Å². The monoisotopic (exact) mass is 321 g/mol. The van der Waals surface area contributed by atoms with Crippen molar-refractivity contribution >= 4 is 21.4 Å². The largest absolute Gasteiger partial charge is 0.384 e. The number of sulfonamides is 1. The molecule has 1 aromatic heterocycles. The Morgan fingerprint density at radius 2 is 2.05 bits per heavy atom. The lowest BCUT2D eigenvalue weighted by Crippen LogP contribution is -2.27. The van der Waals surface area contributed by atoms with E-state index in [1.807, 2.05) is 17.5 Å². The van der Waals surface area contributed by atoms with Crippen LogP contribution >= 0.6 is 11.3 Å². The van der Waals surface area contributed by atoms with Gasteiger partial charge in [-0.05, 0) is 30.5 Å². The molecule has 0 bridgehead atoms. The predicted octanol–water partition coefficient (Wildman–Crippen LogP) is 2.13. The van der Waals surface area contributed by atoms with Crippen molar-refractivity contribution in [2.24, 2.45) is 0 Å². The van der Waals surface area contributed by atoms with E-state index in [4.69, 9.17) is 5.11 Å². The van der Waals surface area contributed by atoms with Crippen molar-refractivity contribution in [3.63, 3.8) is 0 Å². The van der Waals surface area contributed by atoms with Gasteiger partial charge in [0.2, 0.25) is 10.0 Å². The fourth-order valence-corrected chi connectivity index (χ4v) is 4.03. The van der Waals surface area contributed by atoms with E-state index >= 15 is 0 Å². The second kappa shape index (κ2) is 6.87. The molecule has 1 atom stereocenters. The van der Waals surface area contributed by atoms with E-state index in [0.29, 0.717) is 5.56 Å². The van der Waals surface area contributed by atoms with Crippen LogP contribution in [0.5, 0.6) is 0 Å². The molecule has 2 N–H and O–H groups in total. The van der Waals surface area contributed by atoms with E-state index in [9.17, 15) is 8.42 Å². The Kier molecular flexibility index (Phi) is 5.15. The molecule has 4 nitrogen and oxygen atoms in total. The summed E-state index contributed by atoms with van der Waals surface area (Å²) in [6, 6.07) is 9.94. The molecule has 0 saturated heterocycles. The third-order valence-corrected chi connectivity index (χ3v) is 5.43. The van der Waals surface area contributed by atoms with Crippen LogP contribution < -0.4 is 4.72 Å². The Morgan fingerprint density at radius 3 is 2.71 bits per heavy atom. The lowest BCUT2D eigenvalue weighted by Gasteiger charge is -2.13. The van der Waals surface area contributed by atoms with Crippen molar-refractivity contribution in [2.45, 2.75) is 17.9 Å². The molecule has 21 heavy (non-hydrogen) atoms. The van der Waals surface area contributed by atoms with Gasteiger partial charge in [0.1, 0.15) is 6.61 Å². The summed E-state index contributed by atoms with van der Waals surface area (Å²) in [6.07, 6.45) is 0. The van der Waals surface area contributed by atoms with E-state index in [-0.39, 0.29) is 17.5 Å². The number of aliphatic hydroxyl groups excluding tert-OH is 1. The van der Waals surface area contributed by atoms with Crippen molar-refractivity contribution < 1.29 is 13.5 Å². The Hall–Kier alpha value is -1.65. The van der Waals surface area contributed by atoms with Crippen LogP contribution in [0.4, 0.5) is 0 Å². The smallest absolute Gasteiger partial charge is 0.242 e. The van der Waals surface area contributed by atoms with Crippen LogP contribution in [0, 0.1) is 11.8 Å². The number of benzene rings is 1. The molecule has 0 aliphatic carbocycles. The van der Waals surface area contributed by atoms with Crippen molar-refractivity contribution in [3.05, 3.63) is 52.2 Å². The van der Waals surface area contributed by atoms with Gasteiger partial charge in [0.25, 0.3) is 0 Å². The van der Waals surface area contributed by atoms with Crippen LogP contribution in [0.15, 0.2) is 46.7 Å². The molecule has 1 unspecified atom stereocenters. The maximum absolute atomic E-state index is 12.5. The topological polar surface area (TPSA) is 66.4 Å². The molecule has 0 aliphatic rings. The minimum atomic E-state index is -3.67. The highest BCUT2D eigenvalue weighted by molar-refractivity contribution is 7.89. The Bertz CT molecular complexity index is 756. The molecule has 1 heterocycles. The zero-order valence-electron chi connectivity index (χ0n) is 11.4. The fourth-order valence-electron chi connectivity index (χ4n) is 1.83. The van der Waals surface area contributed by atoms with Crippen molar-refractivity contribution in [1.29, 1.82) is 0 Å². The van der Waals surface area contributed by atoms with E-state index in [1.54, 1.807) is 25.1 Å². The highest BCUT2D eigenvalue weighted by Gasteiger charge is 2.21. The van der Waals surface area contributed by atoms with E-state index in [1.165, 1.54) is 17.4 Å². The van der Waals surface area contributed by atoms with Crippen molar-refractivity contribution in [2.75, 3.05) is 6.61 Å². The molecule has 0 saturated carbocycles. The first-order valence-electron chi connectivity index (χ1n) is 6.29. The first kappa shape index (κ1) is 15.7. The Labute approximate surface area is 128 Å². The molecule has 1 aromatic carbocycles. The molecule has 6 heteroatoms. The second-order valence-electron chi connectivity index (χ2n) is 4.31. The summed E-state index contributed by atoms with van der Waals surface area (Å²) in [5, 5.41) is 10.7. The van der Waals surface area contributed by atoms with Crippen molar-refractivity contribution in [3.8, 4) is 11.8 Å². The third-order valence-electron chi connectivity index (χ3n) is 2.78. The van der Waals surface area contributed by atoms with Gasteiger partial charge in [-0.15, -0.1) is 11.3 Å². The SMILES string of the molecule is CC(NS(=O)(=O)c1ccccc1C#CCO)c1cccs1. The number of aliphatic hydroxyl groups is 1. The van der Waals surface area contributed by atoms with Gasteiger partial charge < -0.3 is 5.11 Å². The lowest BCUT2D eigenvalue weighted by molar-refractivity contribution is 0.350. The van der Waals surface area contributed by atoms with Gasteiger partial charge >= 0.3 is 0 Å². The number of thiophene rings is 1. The van der Waals surface area contributed by atoms with Crippen LogP contribution in [0.25, 0.3) is 0 Å². The standard InChI is InChI=1S/C15H15NO3S2/c1-12(14-8-5-11-20-14)16-21(18,19)15-9-3-2-6-13(15)7-4-10-17/h2-3,5-6,8-9,11-12,16-17H,10H2,1H3. The summed E-state index contributed by atoms with van der Waals surface area (Å²) < 4.78 is 27.6. The summed E-state index contributed by atoms with van der Waals surface area (Å²) in [5.74, 6) is 5.13.